The molecular formula is C16H16N4O. The number of hydrogen-bond acceptors (Lipinski definition) is 3. The number of amides is 1. The van der Waals surface area contributed by atoms with Crippen LogP contribution < -0.4 is 10.6 Å². The first kappa shape index (κ1) is 13.2. The number of nitrogens with one attached hydrogen (secondary N) is 3. The average Bonchev–Trinajstić information content (AvgIpc) is 2.86. The molecule has 0 atom stereocenters. The quantitative estimate of drug-likeness (QED) is 0.690. The van der Waals surface area contributed by atoms with Crippen molar-refractivity contribution < 1.29 is 4.79 Å². The summed E-state index contributed by atoms with van der Waals surface area (Å²) in [5.41, 5.74) is 3.43. The van der Waals surface area contributed by atoms with Crippen LogP contribution in [0.5, 0.6) is 0 Å². The van der Waals surface area contributed by atoms with Crippen LogP contribution in [0.3, 0.4) is 0 Å². The van der Waals surface area contributed by atoms with Crippen molar-refractivity contribution in [2.24, 2.45) is 0 Å². The molecule has 0 aliphatic heterocycles. The van der Waals surface area contributed by atoms with Crippen LogP contribution in [0.2, 0.25) is 0 Å². The minimum atomic E-state index is -0.181. The minimum Gasteiger partial charge on any atom is -0.372 e. The number of anilines is 2. The third kappa shape index (κ3) is 2.58. The zero-order valence-corrected chi connectivity index (χ0v) is 11.9. The van der Waals surface area contributed by atoms with E-state index in [4.69, 9.17) is 0 Å². The fourth-order valence-corrected chi connectivity index (χ4v) is 2.34. The molecule has 0 aliphatic carbocycles. The van der Waals surface area contributed by atoms with Crippen molar-refractivity contribution in [3.63, 3.8) is 0 Å². The molecule has 21 heavy (non-hydrogen) atoms. The van der Waals surface area contributed by atoms with Gasteiger partial charge in [0.05, 0.1) is 5.56 Å². The van der Waals surface area contributed by atoms with Gasteiger partial charge in [-0.2, -0.15) is 0 Å². The van der Waals surface area contributed by atoms with Crippen molar-refractivity contribution >= 4 is 28.3 Å². The van der Waals surface area contributed by atoms with Crippen molar-refractivity contribution in [1.29, 1.82) is 0 Å². The largest absolute Gasteiger partial charge is 0.372 e. The van der Waals surface area contributed by atoms with E-state index < -0.39 is 0 Å². The van der Waals surface area contributed by atoms with Gasteiger partial charge in [-0.05, 0) is 43.3 Å². The summed E-state index contributed by atoms with van der Waals surface area (Å²) in [5, 5.41) is 6.89. The Hall–Kier alpha value is -2.82. The first-order chi connectivity index (χ1) is 10.2. The first-order valence-corrected chi connectivity index (χ1v) is 6.71. The van der Waals surface area contributed by atoms with Crippen LogP contribution in [-0.4, -0.2) is 22.9 Å². The number of aromatic amines is 1. The molecule has 0 bridgehead atoms. The number of carbonyl (C=O) groups is 1. The van der Waals surface area contributed by atoms with Gasteiger partial charge in [0.15, 0.2) is 0 Å². The highest BCUT2D eigenvalue weighted by atomic mass is 16.1. The van der Waals surface area contributed by atoms with Crippen LogP contribution in [0.1, 0.15) is 16.1 Å². The summed E-state index contributed by atoms with van der Waals surface area (Å²) in [5.74, 6) is 0.382. The lowest BCUT2D eigenvalue weighted by Crippen LogP contribution is -2.14. The maximum Gasteiger partial charge on any atom is 0.259 e. The molecule has 3 N–H and O–H groups in total. The van der Waals surface area contributed by atoms with Gasteiger partial charge >= 0.3 is 0 Å². The molecule has 0 unspecified atom stereocenters. The fourth-order valence-electron chi connectivity index (χ4n) is 2.34. The van der Waals surface area contributed by atoms with Gasteiger partial charge in [-0.1, -0.05) is 0 Å². The highest BCUT2D eigenvalue weighted by molar-refractivity contribution is 6.08. The Kier molecular flexibility index (Phi) is 3.31. The van der Waals surface area contributed by atoms with Crippen molar-refractivity contribution in [2.75, 3.05) is 17.7 Å². The Morgan fingerprint density at radius 3 is 2.90 bits per heavy atom. The molecule has 0 saturated carbocycles. The van der Waals surface area contributed by atoms with Crippen LogP contribution in [0.25, 0.3) is 10.9 Å². The molecule has 3 rings (SSSR count). The average molecular weight is 280 g/mol. The predicted octanol–water partition coefficient (Wildman–Crippen LogP) is 3.17. The van der Waals surface area contributed by atoms with E-state index in [1.165, 1.54) is 0 Å². The fraction of sp³-hybridized carbons (Fsp3) is 0.125. The van der Waals surface area contributed by atoms with E-state index in [1.807, 2.05) is 31.2 Å². The van der Waals surface area contributed by atoms with E-state index in [2.05, 4.69) is 20.6 Å². The summed E-state index contributed by atoms with van der Waals surface area (Å²) in [4.78, 5) is 19.7. The second-order valence-corrected chi connectivity index (χ2v) is 4.86. The molecule has 2 heterocycles. The van der Waals surface area contributed by atoms with Gasteiger partial charge in [0, 0.05) is 35.5 Å². The maximum absolute atomic E-state index is 12.3. The van der Waals surface area contributed by atoms with E-state index in [9.17, 15) is 4.79 Å². The second kappa shape index (κ2) is 5.28. The van der Waals surface area contributed by atoms with Gasteiger partial charge in [-0.25, -0.2) is 4.98 Å². The summed E-state index contributed by atoms with van der Waals surface area (Å²) >= 11 is 0. The van der Waals surface area contributed by atoms with Crippen LogP contribution in [-0.2, 0) is 0 Å². The predicted molar refractivity (Wildman–Crippen MR) is 84.8 cm³/mol. The molecule has 0 aliphatic rings. The van der Waals surface area contributed by atoms with E-state index in [0.717, 1.165) is 22.3 Å². The smallest absolute Gasteiger partial charge is 0.259 e. The number of aryl methyl sites for hydroxylation is 1. The van der Waals surface area contributed by atoms with Gasteiger partial charge in [-0.3, -0.25) is 4.79 Å². The molecule has 0 saturated heterocycles. The Bertz CT molecular complexity index is 807. The van der Waals surface area contributed by atoms with Crippen LogP contribution in [0.15, 0.2) is 42.6 Å². The van der Waals surface area contributed by atoms with Gasteiger partial charge in [0.1, 0.15) is 5.82 Å². The van der Waals surface area contributed by atoms with Crippen LogP contribution in [0, 0.1) is 6.92 Å². The van der Waals surface area contributed by atoms with Crippen molar-refractivity contribution in [3.8, 4) is 0 Å². The molecule has 2 aromatic heterocycles. The molecule has 0 radical (unpaired) electrons. The lowest BCUT2D eigenvalue weighted by molar-refractivity contribution is 0.102. The van der Waals surface area contributed by atoms with Crippen LogP contribution in [0.4, 0.5) is 11.5 Å². The minimum absolute atomic E-state index is 0.181. The Labute approximate surface area is 122 Å². The highest BCUT2D eigenvalue weighted by Gasteiger charge is 2.11. The number of rotatable bonds is 3. The third-order valence-corrected chi connectivity index (χ3v) is 3.30. The number of H-pyrrole nitrogens is 1. The molecule has 1 aromatic carbocycles. The summed E-state index contributed by atoms with van der Waals surface area (Å²) in [6.45, 7) is 2.01. The lowest BCUT2D eigenvalue weighted by Gasteiger charge is -2.08. The summed E-state index contributed by atoms with van der Waals surface area (Å²) < 4.78 is 0. The number of fused-ring (bicyclic) bond motifs is 1. The number of nitrogens with zero attached hydrogens (tertiary/aromatic N) is 1. The van der Waals surface area contributed by atoms with Gasteiger partial charge in [0.2, 0.25) is 0 Å². The van der Waals surface area contributed by atoms with Gasteiger partial charge in [0.25, 0.3) is 5.91 Å². The van der Waals surface area contributed by atoms with Crippen molar-refractivity contribution in [2.45, 2.75) is 6.92 Å². The number of pyridine rings is 1. The van der Waals surface area contributed by atoms with Crippen LogP contribution >= 0.6 is 0 Å². The van der Waals surface area contributed by atoms with Crippen molar-refractivity contribution in [3.05, 3.63) is 53.9 Å². The molecule has 0 spiro atoms. The zero-order valence-electron chi connectivity index (χ0n) is 11.9. The zero-order chi connectivity index (χ0) is 14.8. The topological polar surface area (TPSA) is 69.8 Å². The summed E-state index contributed by atoms with van der Waals surface area (Å²) in [7, 11) is 1.74. The molecule has 1 amide bonds. The molecule has 0 fully saturated rings. The number of aromatic nitrogens is 2. The van der Waals surface area contributed by atoms with E-state index >= 15 is 0 Å². The Balaban J connectivity index is 1.88. The van der Waals surface area contributed by atoms with E-state index in [1.54, 1.807) is 25.4 Å². The lowest BCUT2D eigenvalue weighted by atomic mass is 10.2. The molecule has 106 valence electrons. The highest BCUT2D eigenvalue weighted by Crippen LogP contribution is 2.21. The monoisotopic (exact) mass is 280 g/mol. The normalized spacial score (nSPS) is 10.6. The SMILES string of the molecule is CNc1ncccc1C(=O)Nc1ccc2[nH]c(C)cc2c1. The second-order valence-electron chi connectivity index (χ2n) is 4.86. The molecule has 5 nitrogen and oxygen atoms in total. The van der Waals surface area contributed by atoms with Gasteiger partial charge < -0.3 is 15.6 Å². The standard InChI is InChI=1S/C16H16N4O/c1-10-8-11-9-12(5-6-14(11)19-10)20-16(21)13-4-3-7-18-15(13)17-2/h3-9,19H,1-2H3,(H,17,18)(H,20,21). The molecular weight excluding hydrogens is 264 g/mol. The summed E-state index contributed by atoms with van der Waals surface area (Å²) in [6, 6.07) is 11.3. The maximum atomic E-state index is 12.3. The number of benzene rings is 1. The number of carbonyl (C=O) groups excluding carboxylic acids is 1. The van der Waals surface area contributed by atoms with Crippen molar-refractivity contribution in [1.82, 2.24) is 9.97 Å². The summed E-state index contributed by atoms with van der Waals surface area (Å²) in [6.07, 6.45) is 1.65. The van der Waals surface area contributed by atoms with E-state index in [0.29, 0.717) is 11.4 Å². The van der Waals surface area contributed by atoms with Gasteiger partial charge in [-0.15, -0.1) is 0 Å². The third-order valence-electron chi connectivity index (χ3n) is 3.30. The molecule has 3 aromatic rings. The van der Waals surface area contributed by atoms with E-state index in [-0.39, 0.29) is 5.91 Å². The molecule has 5 heteroatoms. The Morgan fingerprint density at radius 2 is 2.10 bits per heavy atom. The Morgan fingerprint density at radius 1 is 1.24 bits per heavy atom. The first-order valence-electron chi connectivity index (χ1n) is 6.71. The number of hydrogen-bond donors (Lipinski definition) is 3.